The van der Waals surface area contributed by atoms with Crippen molar-refractivity contribution in [1.82, 2.24) is 0 Å². The Hall–Kier alpha value is -0.790. The lowest BCUT2D eigenvalue weighted by Gasteiger charge is -2.34. The zero-order chi connectivity index (χ0) is 10.6. The van der Waals surface area contributed by atoms with Gasteiger partial charge in [0, 0.05) is 0 Å². The van der Waals surface area contributed by atoms with Gasteiger partial charge in [0.15, 0.2) is 0 Å². The minimum atomic E-state index is -0.241. The molecule has 1 aliphatic rings. The van der Waals surface area contributed by atoms with Crippen LogP contribution in [0.1, 0.15) is 39.5 Å². The van der Waals surface area contributed by atoms with E-state index in [-0.39, 0.29) is 11.4 Å². The molecule has 0 unspecified atom stereocenters. The molecule has 1 aliphatic carbocycles. The van der Waals surface area contributed by atoms with Gasteiger partial charge in [-0.1, -0.05) is 6.08 Å². The molecule has 0 N–H and O–H groups in total. The van der Waals surface area contributed by atoms with Crippen molar-refractivity contribution in [3.8, 4) is 0 Å². The van der Waals surface area contributed by atoms with E-state index in [4.69, 9.17) is 4.74 Å². The number of hydrogen-bond donors (Lipinski definition) is 0. The second-order valence-corrected chi connectivity index (χ2v) is 4.35. The number of carbonyl (C=O) groups is 1. The Balaban J connectivity index is 2.52. The fourth-order valence-electron chi connectivity index (χ4n) is 2.02. The summed E-state index contributed by atoms with van der Waals surface area (Å²) in [6, 6.07) is 0. The summed E-state index contributed by atoms with van der Waals surface area (Å²) < 4.78 is 5.09. The van der Waals surface area contributed by atoms with Crippen molar-refractivity contribution in [3.05, 3.63) is 12.7 Å². The first kappa shape index (κ1) is 11.3. The van der Waals surface area contributed by atoms with Gasteiger partial charge in [-0.05, 0) is 45.4 Å². The second kappa shape index (κ2) is 4.63. The predicted molar refractivity (Wildman–Crippen MR) is 56.9 cm³/mol. The molecule has 0 saturated heterocycles. The van der Waals surface area contributed by atoms with Crippen LogP contribution in [0, 0.1) is 11.3 Å². The third kappa shape index (κ3) is 2.37. The molecule has 0 aromatic heterocycles. The third-order valence-electron chi connectivity index (χ3n) is 3.24. The molecule has 0 bridgehead atoms. The van der Waals surface area contributed by atoms with Crippen LogP contribution < -0.4 is 0 Å². The van der Waals surface area contributed by atoms with Crippen molar-refractivity contribution in [2.45, 2.75) is 39.5 Å². The van der Waals surface area contributed by atoms with Crippen molar-refractivity contribution in [1.29, 1.82) is 0 Å². The fourth-order valence-corrected chi connectivity index (χ4v) is 2.02. The first-order valence-electron chi connectivity index (χ1n) is 5.42. The summed E-state index contributed by atoms with van der Waals surface area (Å²) in [5.41, 5.74) is -0.241. The maximum Gasteiger partial charge on any atom is 0.311 e. The van der Waals surface area contributed by atoms with Gasteiger partial charge >= 0.3 is 5.97 Å². The Morgan fingerprint density at radius 1 is 1.57 bits per heavy atom. The highest BCUT2D eigenvalue weighted by molar-refractivity contribution is 5.76. The van der Waals surface area contributed by atoms with Gasteiger partial charge in [-0.15, -0.1) is 6.58 Å². The standard InChI is InChI=1S/C12H20O2/c1-4-10-6-8-12(3,9-7-10)11(13)14-5-2/h4,10H,1,5-9H2,2-3H3. The maximum atomic E-state index is 11.7. The first-order valence-corrected chi connectivity index (χ1v) is 5.42. The Labute approximate surface area is 86.3 Å². The molecular weight excluding hydrogens is 176 g/mol. The summed E-state index contributed by atoms with van der Waals surface area (Å²) in [5, 5.41) is 0. The summed E-state index contributed by atoms with van der Waals surface area (Å²) in [4.78, 5) is 11.7. The van der Waals surface area contributed by atoms with Crippen LogP contribution in [0.2, 0.25) is 0 Å². The lowest BCUT2D eigenvalue weighted by atomic mass is 9.72. The zero-order valence-corrected chi connectivity index (χ0v) is 9.21. The molecule has 0 aromatic rings. The SMILES string of the molecule is C=CC1CCC(C)(C(=O)OCC)CC1. The molecule has 14 heavy (non-hydrogen) atoms. The van der Waals surface area contributed by atoms with Gasteiger partial charge in [0.1, 0.15) is 0 Å². The highest BCUT2D eigenvalue weighted by Gasteiger charge is 2.37. The first-order chi connectivity index (χ1) is 6.62. The minimum absolute atomic E-state index is 0.0255. The van der Waals surface area contributed by atoms with Crippen LogP contribution in [-0.2, 0) is 9.53 Å². The minimum Gasteiger partial charge on any atom is -0.466 e. The Bertz CT molecular complexity index is 212. The molecule has 0 heterocycles. The van der Waals surface area contributed by atoms with Crippen LogP contribution in [0.5, 0.6) is 0 Å². The number of ether oxygens (including phenoxy) is 1. The van der Waals surface area contributed by atoms with Gasteiger partial charge in [0.2, 0.25) is 0 Å². The number of rotatable bonds is 3. The van der Waals surface area contributed by atoms with E-state index in [9.17, 15) is 4.79 Å². The molecular formula is C12H20O2. The van der Waals surface area contributed by atoms with Crippen LogP contribution in [0.4, 0.5) is 0 Å². The van der Waals surface area contributed by atoms with Gasteiger partial charge in [0.25, 0.3) is 0 Å². The molecule has 0 amide bonds. The number of esters is 1. The van der Waals surface area contributed by atoms with Crippen molar-refractivity contribution >= 4 is 5.97 Å². The van der Waals surface area contributed by atoms with Crippen molar-refractivity contribution in [2.24, 2.45) is 11.3 Å². The van der Waals surface area contributed by atoms with E-state index in [1.807, 2.05) is 19.9 Å². The molecule has 0 aromatic carbocycles. The normalized spacial score (nSPS) is 32.3. The largest absolute Gasteiger partial charge is 0.466 e. The van der Waals surface area contributed by atoms with Crippen molar-refractivity contribution in [3.63, 3.8) is 0 Å². The quantitative estimate of drug-likeness (QED) is 0.512. The summed E-state index contributed by atoms with van der Waals surface area (Å²) in [7, 11) is 0. The molecule has 2 nitrogen and oxygen atoms in total. The van der Waals surface area contributed by atoms with Crippen LogP contribution in [0.15, 0.2) is 12.7 Å². The lowest BCUT2D eigenvalue weighted by molar-refractivity contribution is -0.156. The summed E-state index contributed by atoms with van der Waals surface area (Å²) in [6.07, 6.45) is 6.01. The summed E-state index contributed by atoms with van der Waals surface area (Å²) in [5.74, 6) is 0.569. The molecule has 0 atom stereocenters. The Morgan fingerprint density at radius 2 is 2.14 bits per heavy atom. The number of hydrogen-bond acceptors (Lipinski definition) is 2. The highest BCUT2D eigenvalue weighted by Crippen LogP contribution is 2.39. The summed E-state index contributed by atoms with van der Waals surface area (Å²) in [6.45, 7) is 8.16. The van der Waals surface area contributed by atoms with Gasteiger partial charge in [-0.3, -0.25) is 4.79 Å². The van der Waals surface area contributed by atoms with E-state index in [1.54, 1.807) is 0 Å². The molecule has 0 aliphatic heterocycles. The van der Waals surface area contributed by atoms with Crippen molar-refractivity contribution in [2.75, 3.05) is 6.61 Å². The average Bonchev–Trinajstić information content (AvgIpc) is 2.19. The van der Waals surface area contributed by atoms with E-state index in [2.05, 4.69) is 6.58 Å². The van der Waals surface area contributed by atoms with Crippen LogP contribution in [-0.4, -0.2) is 12.6 Å². The fraction of sp³-hybridized carbons (Fsp3) is 0.750. The zero-order valence-electron chi connectivity index (χ0n) is 9.21. The second-order valence-electron chi connectivity index (χ2n) is 4.35. The van der Waals surface area contributed by atoms with Gasteiger partial charge in [0.05, 0.1) is 12.0 Å². The maximum absolute atomic E-state index is 11.7. The summed E-state index contributed by atoms with van der Waals surface area (Å²) >= 11 is 0. The molecule has 1 fully saturated rings. The molecule has 1 saturated carbocycles. The molecule has 0 spiro atoms. The molecule has 1 rings (SSSR count). The topological polar surface area (TPSA) is 26.3 Å². The lowest BCUT2D eigenvalue weighted by Crippen LogP contribution is -2.33. The van der Waals surface area contributed by atoms with E-state index in [0.717, 1.165) is 25.7 Å². The van der Waals surface area contributed by atoms with E-state index < -0.39 is 0 Å². The van der Waals surface area contributed by atoms with Crippen molar-refractivity contribution < 1.29 is 9.53 Å². The molecule has 80 valence electrons. The molecule has 2 heteroatoms. The number of allylic oxidation sites excluding steroid dienone is 1. The van der Waals surface area contributed by atoms with Gasteiger partial charge in [-0.2, -0.15) is 0 Å². The van der Waals surface area contributed by atoms with E-state index >= 15 is 0 Å². The van der Waals surface area contributed by atoms with Gasteiger partial charge in [-0.25, -0.2) is 0 Å². The predicted octanol–water partition coefficient (Wildman–Crippen LogP) is 2.93. The molecule has 0 radical (unpaired) electrons. The van der Waals surface area contributed by atoms with Crippen LogP contribution in [0.25, 0.3) is 0 Å². The highest BCUT2D eigenvalue weighted by atomic mass is 16.5. The number of carbonyl (C=O) groups excluding carboxylic acids is 1. The van der Waals surface area contributed by atoms with Gasteiger partial charge < -0.3 is 4.74 Å². The van der Waals surface area contributed by atoms with Crippen LogP contribution >= 0.6 is 0 Å². The smallest absolute Gasteiger partial charge is 0.311 e. The Kier molecular flexibility index (Phi) is 3.73. The van der Waals surface area contributed by atoms with Crippen LogP contribution in [0.3, 0.4) is 0 Å². The monoisotopic (exact) mass is 196 g/mol. The van der Waals surface area contributed by atoms with E-state index in [1.165, 1.54) is 0 Å². The average molecular weight is 196 g/mol. The van der Waals surface area contributed by atoms with E-state index in [0.29, 0.717) is 12.5 Å². The Morgan fingerprint density at radius 3 is 2.57 bits per heavy atom. The third-order valence-corrected chi connectivity index (χ3v) is 3.24.